The number of aryl methyl sites for hydroxylation is 1. The van der Waals surface area contributed by atoms with Crippen molar-refractivity contribution in [2.45, 2.75) is 19.8 Å². The Bertz CT molecular complexity index is 853. The van der Waals surface area contributed by atoms with Crippen LogP contribution in [0.25, 0.3) is 0 Å². The smallest absolute Gasteiger partial charge is 0.227 e. The first-order valence-electron chi connectivity index (χ1n) is 8.48. The molecule has 9 heteroatoms. The molecule has 1 fully saturated rings. The molecule has 0 spiro atoms. The summed E-state index contributed by atoms with van der Waals surface area (Å²) in [5.74, 6) is -1.57. The number of nitrogens with zero attached hydrogens (tertiary/aromatic N) is 2. The molecule has 1 aliphatic rings. The Morgan fingerprint density at radius 2 is 2.07 bits per heavy atom. The standard InChI is InChI=1S/C18H19FN4O3S/c1-11-10-27-18(21-11)22-15(24)6-7-20-17(26)12-8-16(25)23(9-12)14-4-2-13(19)3-5-14/h2-5,10,12H,6-9H2,1H3,(H,20,26)(H,21,22,24)/t12-/m1/s1. The number of thiazole rings is 1. The molecule has 2 aromatic rings. The number of rotatable bonds is 6. The Hall–Kier alpha value is -2.81. The number of amides is 3. The van der Waals surface area contributed by atoms with Gasteiger partial charge in [-0.15, -0.1) is 11.3 Å². The summed E-state index contributed by atoms with van der Waals surface area (Å²) < 4.78 is 13.0. The highest BCUT2D eigenvalue weighted by molar-refractivity contribution is 7.13. The molecule has 0 unspecified atom stereocenters. The molecule has 2 heterocycles. The highest BCUT2D eigenvalue weighted by atomic mass is 32.1. The number of benzene rings is 1. The second-order valence-electron chi connectivity index (χ2n) is 6.27. The summed E-state index contributed by atoms with van der Waals surface area (Å²) in [5.41, 5.74) is 1.40. The molecule has 0 aliphatic carbocycles. The molecule has 2 N–H and O–H groups in total. The molecular weight excluding hydrogens is 371 g/mol. The fraction of sp³-hybridized carbons (Fsp3) is 0.333. The molecule has 1 atom stereocenters. The lowest BCUT2D eigenvalue weighted by molar-refractivity contribution is -0.126. The fourth-order valence-corrected chi connectivity index (χ4v) is 3.49. The number of carbonyl (C=O) groups is 3. The summed E-state index contributed by atoms with van der Waals surface area (Å²) in [6.45, 7) is 2.25. The van der Waals surface area contributed by atoms with E-state index >= 15 is 0 Å². The average Bonchev–Trinajstić information content (AvgIpc) is 3.21. The molecule has 1 aromatic heterocycles. The quantitative estimate of drug-likeness (QED) is 0.790. The van der Waals surface area contributed by atoms with Crippen LogP contribution < -0.4 is 15.5 Å². The average molecular weight is 390 g/mol. The summed E-state index contributed by atoms with van der Waals surface area (Å²) in [4.78, 5) is 41.9. The molecular formula is C18H19FN4O3S. The van der Waals surface area contributed by atoms with Crippen molar-refractivity contribution in [3.63, 3.8) is 0 Å². The maximum atomic E-state index is 13.0. The van der Waals surface area contributed by atoms with Crippen LogP contribution in [-0.2, 0) is 14.4 Å². The van der Waals surface area contributed by atoms with Crippen molar-refractivity contribution in [2.75, 3.05) is 23.3 Å². The Morgan fingerprint density at radius 1 is 1.33 bits per heavy atom. The van der Waals surface area contributed by atoms with Crippen LogP contribution in [0.1, 0.15) is 18.5 Å². The van der Waals surface area contributed by atoms with E-state index in [0.717, 1.165) is 5.69 Å². The van der Waals surface area contributed by atoms with Crippen molar-refractivity contribution in [2.24, 2.45) is 5.92 Å². The number of anilines is 2. The second-order valence-corrected chi connectivity index (χ2v) is 7.12. The molecule has 0 radical (unpaired) electrons. The molecule has 142 valence electrons. The minimum absolute atomic E-state index is 0.0911. The van der Waals surface area contributed by atoms with E-state index in [2.05, 4.69) is 15.6 Å². The van der Waals surface area contributed by atoms with Crippen LogP contribution in [0.15, 0.2) is 29.6 Å². The monoisotopic (exact) mass is 390 g/mol. The minimum atomic E-state index is -0.493. The minimum Gasteiger partial charge on any atom is -0.355 e. The number of hydrogen-bond acceptors (Lipinski definition) is 5. The van der Waals surface area contributed by atoms with Gasteiger partial charge in [0.25, 0.3) is 0 Å². The zero-order valence-electron chi connectivity index (χ0n) is 14.7. The largest absolute Gasteiger partial charge is 0.355 e. The summed E-state index contributed by atoms with van der Waals surface area (Å²) in [6, 6.07) is 5.58. The van der Waals surface area contributed by atoms with E-state index in [9.17, 15) is 18.8 Å². The first kappa shape index (κ1) is 19.0. The van der Waals surface area contributed by atoms with Crippen LogP contribution in [0.5, 0.6) is 0 Å². The van der Waals surface area contributed by atoms with Gasteiger partial charge in [-0.25, -0.2) is 9.37 Å². The molecule has 0 saturated carbocycles. The molecule has 27 heavy (non-hydrogen) atoms. The lowest BCUT2D eigenvalue weighted by atomic mass is 10.1. The molecule has 7 nitrogen and oxygen atoms in total. The van der Waals surface area contributed by atoms with E-state index in [1.165, 1.54) is 40.5 Å². The Kier molecular flexibility index (Phi) is 5.80. The highest BCUT2D eigenvalue weighted by Gasteiger charge is 2.35. The van der Waals surface area contributed by atoms with Crippen molar-refractivity contribution in [3.8, 4) is 0 Å². The lowest BCUT2D eigenvalue weighted by Crippen LogP contribution is -2.34. The van der Waals surface area contributed by atoms with Crippen molar-refractivity contribution >= 4 is 39.9 Å². The summed E-state index contributed by atoms with van der Waals surface area (Å²) >= 11 is 1.34. The summed E-state index contributed by atoms with van der Waals surface area (Å²) in [7, 11) is 0. The van der Waals surface area contributed by atoms with Crippen molar-refractivity contribution in [3.05, 3.63) is 41.2 Å². The molecule has 1 saturated heterocycles. The van der Waals surface area contributed by atoms with Crippen molar-refractivity contribution < 1.29 is 18.8 Å². The van der Waals surface area contributed by atoms with Gasteiger partial charge in [-0.3, -0.25) is 14.4 Å². The van der Waals surface area contributed by atoms with E-state index in [1.807, 2.05) is 12.3 Å². The SMILES string of the molecule is Cc1csc(NC(=O)CCNC(=O)[C@@H]2CC(=O)N(c3ccc(F)cc3)C2)n1. The van der Waals surface area contributed by atoms with Crippen LogP contribution in [0, 0.1) is 18.7 Å². The van der Waals surface area contributed by atoms with Gasteiger partial charge in [-0.1, -0.05) is 0 Å². The van der Waals surface area contributed by atoms with E-state index in [-0.39, 0.29) is 49.5 Å². The van der Waals surface area contributed by atoms with Gasteiger partial charge in [0, 0.05) is 37.0 Å². The molecule has 0 bridgehead atoms. The maximum Gasteiger partial charge on any atom is 0.227 e. The summed E-state index contributed by atoms with van der Waals surface area (Å²) in [5, 5.41) is 7.73. The number of carbonyl (C=O) groups excluding carboxylic acids is 3. The number of aromatic nitrogens is 1. The Labute approximate surface area is 159 Å². The van der Waals surface area contributed by atoms with Gasteiger partial charge in [0.2, 0.25) is 17.7 Å². The normalized spacial score (nSPS) is 16.4. The highest BCUT2D eigenvalue weighted by Crippen LogP contribution is 2.25. The first-order chi connectivity index (χ1) is 12.9. The number of halogens is 1. The zero-order chi connectivity index (χ0) is 19.4. The molecule has 3 rings (SSSR count). The maximum absolute atomic E-state index is 13.0. The van der Waals surface area contributed by atoms with Crippen molar-refractivity contribution in [1.82, 2.24) is 10.3 Å². The van der Waals surface area contributed by atoms with Gasteiger partial charge in [-0.05, 0) is 31.2 Å². The van der Waals surface area contributed by atoms with Crippen LogP contribution in [0.2, 0.25) is 0 Å². The second kappa shape index (κ2) is 8.26. The Balaban J connectivity index is 1.45. The zero-order valence-corrected chi connectivity index (χ0v) is 15.5. The molecule has 3 amide bonds. The van der Waals surface area contributed by atoms with E-state index < -0.39 is 5.92 Å². The topological polar surface area (TPSA) is 91.4 Å². The van der Waals surface area contributed by atoms with Gasteiger partial charge >= 0.3 is 0 Å². The van der Waals surface area contributed by atoms with Gasteiger partial charge in [0.05, 0.1) is 11.6 Å². The van der Waals surface area contributed by atoms with Crippen LogP contribution >= 0.6 is 11.3 Å². The first-order valence-corrected chi connectivity index (χ1v) is 9.36. The summed E-state index contributed by atoms with van der Waals surface area (Å²) in [6.07, 6.45) is 0.209. The van der Waals surface area contributed by atoms with Gasteiger partial charge < -0.3 is 15.5 Å². The number of hydrogen-bond donors (Lipinski definition) is 2. The predicted molar refractivity (Wildman–Crippen MR) is 100.0 cm³/mol. The van der Waals surface area contributed by atoms with E-state index in [0.29, 0.717) is 10.8 Å². The van der Waals surface area contributed by atoms with Gasteiger partial charge in [0.15, 0.2) is 5.13 Å². The fourth-order valence-electron chi connectivity index (χ4n) is 2.79. The molecule has 1 aliphatic heterocycles. The van der Waals surface area contributed by atoms with E-state index in [1.54, 1.807) is 0 Å². The van der Waals surface area contributed by atoms with Crippen LogP contribution in [-0.4, -0.2) is 35.8 Å². The van der Waals surface area contributed by atoms with Gasteiger partial charge in [0.1, 0.15) is 5.82 Å². The van der Waals surface area contributed by atoms with Crippen LogP contribution in [0.3, 0.4) is 0 Å². The predicted octanol–water partition coefficient (Wildman–Crippen LogP) is 2.09. The third-order valence-electron chi connectivity index (χ3n) is 4.15. The van der Waals surface area contributed by atoms with Crippen LogP contribution in [0.4, 0.5) is 15.2 Å². The Morgan fingerprint density at radius 3 is 2.74 bits per heavy atom. The van der Waals surface area contributed by atoms with Crippen molar-refractivity contribution in [1.29, 1.82) is 0 Å². The van der Waals surface area contributed by atoms with E-state index in [4.69, 9.17) is 0 Å². The lowest BCUT2D eigenvalue weighted by Gasteiger charge is -2.16. The third-order valence-corrected chi connectivity index (χ3v) is 5.03. The molecule has 1 aromatic carbocycles. The number of nitrogens with one attached hydrogen (secondary N) is 2. The third kappa shape index (κ3) is 4.88. The van der Waals surface area contributed by atoms with Gasteiger partial charge in [-0.2, -0.15) is 0 Å².